The number of aliphatic hydroxyl groups is 1. The van der Waals surface area contributed by atoms with Crippen LogP contribution in [-0.4, -0.2) is 53.4 Å². The minimum Gasteiger partial charge on any atom is -0.393 e. The molecule has 200 valence electrons. The summed E-state index contributed by atoms with van der Waals surface area (Å²) >= 11 is 0. The molecule has 1 aliphatic rings. The van der Waals surface area contributed by atoms with Crippen LogP contribution in [0.3, 0.4) is 0 Å². The second-order valence-electron chi connectivity index (χ2n) is 8.67. The van der Waals surface area contributed by atoms with Crippen molar-refractivity contribution >= 4 is 5.95 Å². The number of nitrogens with zero attached hydrogens (tertiary/aromatic N) is 3. The maximum Gasteiger partial charge on any atom is 0.416 e. The van der Waals surface area contributed by atoms with Gasteiger partial charge in [-0.25, -0.2) is 8.87 Å². The van der Waals surface area contributed by atoms with E-state index in [-0.39, 0.29) is 17.2 Å². The SMILES string of the molecule is C[N+]1(c2nc[nH]n2)CCO[C@H](O[C@H](CO)c2cc(C(F)(F)F)cc(C(F)(F)F)c2)[C@@H]1c1ccc(F)cc1. The first-order valence-electron chi connectivity index (χ1n) is 11.0. The molecule has 1 aromatic heterocycles. The highest BCUT2D eigenvalue weighted by Gasteiger charge is 2.50. The van der Waals surface area contributed by atoms with E-state index in [4.69, 9.17) is 9.47 Å². The molecular formula is C23H22F7N4O3+. The van der Waals surface area contributed by atoms with Gasteiger partial charge in [-0.2, -0.15) is 31.3 Å². The number of hydrogen-bond donors (Lipinski definition) is 2. The Balaban J connectivity index is 1.76. The van der Waals surface area contributed by atoms with Crippen molar-refractivity contribution in [2.24, 2.45) is 0 Å². The molecule has 2 heterocycles. The Labute approximate surface area is 206 Å². The van der Waals surface area contributed by atoms with E-state index in [2.05, 4.69) is 15.2 Å². The third-order valence-electron chi connectivity index (χ3n) is 6.23. The number of halogens is 7. The quantitative estimate of drug-likeness (QED) is 0.351. The largest absolute Gasteiger partial charge is 0.416 e. The first-order chi connectivity index (χ1) is 17.3. The highest BCUT2D eigenvalue weighted by atomic mass is 19.4. The second-order valence-corrected chi connectivity index (χ2v) is 8.67. The summed E-state index contributed by atoms with van der Waals surface area (Å²) in [5.74, 6) is -0.230. The zero-order valence-electron chi connectivity index (χ0n) is 19.2. The van der Waals surface area contributed by atoms with E-state index in [9.17, 15) is 35.8 Å². The third kappa shape index (κ3) is 5.61. The molecular weight excluding hydrogens is 513 g/mol. The maximum absolute atomic E-state index is 13.7. The van der Waals surface area contributed by atoms with Gasteiger partial charge in [0.15, 0.2) is 6.04 Å². The van der Waals surface area contributed by atoms with Gasteiger partial charge in [-0.1, -0.05) is 5.10 Å². The summed E-state index contributed by atoms with van der Waals surface area (Å²) in [7, 11) is 1.73. The van der Waals surface area contributed by atoms with E-state index in [1.807, 2.05) is 0 Å². The molecule has 0 radical (unpaired) electrons. The van der Waals surface area contributed by atoms with Crippen molar-refractivity contribution in [2.75, 3.05) is 26.8 Å². The molecule has 0 spiro atoms. The highest BCUT2D eigenvalue weighted by molar-refractivity contribution is 5.36. The summed E-state index contributed by atoms with van der Waals surface area (Å²) in [6, 6.07) is 5.44. The Morgan fingerprint density at radius 2 is 1.70 bits per heavy atom. The van der Waals surface area contributed by atoms with Crippen LogP contribution in [-0.2, 0) is 21.8 Å². The molecule has 0 amide bonds. The zero-order chi connectivity index (χ0) is 27.0. The van der Waals surface area contributed by atoms with Crippen molar-refractivity contribution < 1.29 is 45.3 Å². The van der Waals surface area contributed by atoms with Crippen LogP contribution in [0, 0.1) is 5.82 Å². The van der Waals surface area contributed by atoms with Crippen LogP contribution in [0.15, 0.2) is 48.8 Å². The summed E-state index contributed by atoms with van der Waals surface area (Å²) in [6.45, 7) is -0.577. The fourth-order valence-corrected chi connectivity index (χ4v) is 4.34. The van der Waals surface area contributed by atoms with Crippen molar-refractivity contribution in [2.45, 2.75) is 30.8 Å². The molecule has 1 fully saturated rings. The molecule has 3 aromatic rings. The Bertz CT molecular complexity index is 1170. The predicted octanol–water partition coefficient (Wildman–Crippen LogP) is 4.77. The summed E-state index contributed by atoms with van der Waals surface area (Å²) in [6.07, 6.45) is -11.7. The zero-order valence-corrected chi connectivity index (χ0v) is 19.2. The molecule has 0 bridgehead atoms. The number of benzene rings is 2. The summed E-state index contributed by atoms with van der Waals surface area (Å²) in [5, 5.41) is 16.7. The molecule has 4 rings (SSSR count). The lowest BCUT2D eigenvalue weighted by Crippen LogP contribution is -2.60. The number of rotatable bonds is 6. The first-order valence-corrected chi connectivity index (χ1v) is 11.0. The molecule has 14 heteroatoms. The maximum atomic E-state index is 13.7. The average Bonchev–Trinajstić information content (AvgIpc) is 3.38. The van der Waals surface area contributed by atoms with Gasteiger partial charge in [-0.15, -0.1) is 0 Å². The molecule has 1 unspecified atom stereocenters. The second kappa shape index (κ2) is 10.0. The number of nitrogens with one attached hydrogen (secondary N) is 1. The lowest BCUT2D eigenvalue weighted by molar-refractivity contribution is -0.232. The number of aromatic amines is 1. The number of morpholine rings is 1. The van der Waals surface area contributed by atoms with Gasteiger partial charge in [0, 0.05) is 5.56 Å². The van der Waals surface area contributed by atoms with Crippen molar-refractivity contribution in [1.29, 1.82) is 0 Å². The Morgan fingerprint density at radius 3 is 2.22 bits per heavy atom. The van der Waals surface area contributed by atoms with Gasteiger partial charge in [-0.05, 0) is 48.0 Å². The van der Waals surface area contributed by atoms with Gasteiger partial charge in [-0.3, -0.25) is 5.10 Å². The summed E-state index contributed by atoms with van der Waals surface area (Å²) < 4.78 is 106. The van der Waals surface area contributed by atoms with E-state index >= 15 is 0 Å². The number of H-pyrrole nitrogens is 1. The van der Waals surface area contributed by atoms with Crippen LogP contribution in [0.1, 0.15) is 34.4 Å². The fourth-order valence-electron chi connectivity index (χ4n) is 4.34. The monoisotopic (exact) mass is 535 g/mol. The average molecular weight is 535 g/mol. The van der Waals surface area contributed by atoms with Gasteiger partial charge >= 0.3 is 18.3 Å². The van der Waals surface area contributed by atoms with E-state index in [1.165, 1.54) is 30.6 Å². The van der Waals surface area contributed by atoms with Gasteiger partial charge in [0.05, 0.1) is 31.4 Å². The predicted molar refractivity (Wildman–Crippen MR) is 115 cm³/mol. The van der Waals surface area contributed by atoms with Crippen LogP contribution in [0.25, 0.3) is 0 Å². The van der Waals surface area contributed by atoms with Crippen molar-refractivity contribution in [3.8, 4) is 0 Å². The van der Waals surface area contributed by atoms with Crippen LogP contribution in [0.4, 0.5) is 36.7 Å². The molecule has 37 heavy (non-hydrogen) atoms. The highest BCUT2D eigenvalue weighted by Crippen LogP contribution is 2.42. The fraction of sp³-hybridized carbons (Fsp3) is 0.391. The van der Waals surface area contributed by atoms with Gasteiger partial charge in [0.2, 0.25) is 6.29 Å². The number of hydrogen-bond acceptors (Lipinski definition) is 5. The van der Waals surface area contributed by atoms with E-state index in [1.54, 1.807) is 7.05 Å². The third-order valence-corrected chi connectivity index (χ3v) is 6.23. The number of aliphatic hydroxyl groups excluding tert-OH is 1. The van der Waals surface area contributed by atoms with Crippen LogP contribution in [0.5, 0.6) is 0 Å². The molecule has 0 saturated carbocycles. The topological polar surface area (TPSA) is 80.3 Å². The molecule has 2 N–H and O–H groups in total. The number of quaternary nitrogens is 1. The van der Waals surface area contributed by atoms with Crippen LogP contribution < -0.4 is 4.48 Å². The number of alkyl halides is 6. The first kappa shape index (κ1) is 27.0. The minimum atomic E-state index is -5.07. The number of aromatic nitrogens is 3. The minimum absolute atomic E-state index is 0.00639. The molecule has 0 aliphatic carbocycles. The van der Waals surface area contributed by atoms with Crippen molar-refractivity contribution in [1.82, 2.24) is 19.7 Å². The normalized spacial score (nSPS) is 23.7. The van der Waals surface area contributed by atoms with E-state index < -0.39 is 59.9 Å². The van der Waals surface area contributed by atoms with Crippen LogP contribution in [0.2, 0.25) is 0 Å². The lowest BCUT2D eigenvalue weighted by atomic mass is 9.99. The van der Waals surface area contributed by atoms with E-state index in [0.29, 0.717) is 30.2 Å². The molecule has 4 atom stereocenters. The lowest BCUT2D eigenvalue weighted by Gasteiger charge is -2.45. The van der Waals surface area contributed by atoms with Gasteiger partial charge in [0.25, 0.3) is 0 Å². The molecule has 1 aliphatic heterocycles. The summed E-state index contributed by atoms with van der Waals surface area (Å²) in [5.41, 5.74) is -3.14. The van der Waals surface area contributed by atoms with Crippen molar-refractivity contribution in [3.05, 3.63) is 76.9 Å². The van der Waals surface area contributed by atoms with Crippen LogP contribution >= 0.6 is 0 Å². The van der Waals surface area contributed by atoms with E-state index in [0.717, 1.165) is 0 Å². The Morgan fingerprint density at radius 1 is 1.08 bits per heavy atom. The summed E-state index contributed by atoms with van der Waals surface area (Å²) in [4.78, 5) is 4.20. The van der Waals surface area contributed by atoms with Crippen molar-refractivity contribution in [3.63, 3.8) is 0 Å². The van der Waals surface area contributed by atoms with Gasteiger partial charge in [0.1, 0.15) is 24.8 Å². The number of likely N-dealkylation sites (N-methyl/N-ethyl adjacent to an activating group) is 1. The number of ether oxygens (including phenoxy) is 2. The molecule has 7 nitrogen and oxygen atoms in total. The molecule has 2 aromatic carbocycles. The van der Waals surface area contributed by atoms with Gasteiger partial charge < -0.3 is 14.6 Å². The smallest absolute Gasteiger partial charge is 0.393 e. The Kier molecular flexibility index (Phi) is 7.29. The standard InChI is InChI=1S/C23H22F7N4O3/c1-34(21-31-12-32-33-21)6-7-36-20(19(34)13-2-4-17(24)5-3-13)37-18(11-35)14-8-15(22(25,26)27)10-16(9-14)23(28,29)30/h2-5,8-10,12,18-20,35H,6-7,11H2,1H3,(H,31,32,33)/q+1/t18-,19+,20-,34?/m1/s1. The Hall–Kier alpha value is -3.07. The molecule has 1 saturated heterocycles.